The number of carboxylic acid groups (broad SMARTS) is 1. The molecule has 0 bridgehead atoms. The van der Waals surface area contributed by atoms with Gasteiger partial charge in [0.05, 0.1) is 0 Å². The standard InChI is InChI=1S/C8H15IO2/c9-7-5-3-1-2-4-6-8(10)11/h1-7H2,(H,10,11). The molecule has 1 N–H and O–H groups in total. The molecule has 66 valence electrons. The molecule has 0 aromatic heterocycles. The summed E-state index contributed by atoms with van der Waals surface area (Å²) < 4.78 is 1.22. The molecule has 0 rings (SSSR count). The zero-order valence-corrected chi connectivity index (χ0v) is 8.84. The summed E-state index contributed by atoms with van der Waals surface area (Å²) in [6, 6.07) is 0. The van der Waals surface area contributed by atoms with Crippen molar-refractivity contribution in [2.24, 2.45) is 0 Å². The highest BCUT2D eigenvalue weighted by Gasteiger charge is 1.95. The Bertz CT molecular complexity index is 104. The molecule has 0 fully saturated rings. The first-order valence-corrected chi connectivity index (χ1v) is 5.57. The number of hydrogen-bond donors (Lipinski definition) is 1. The Hall–Kier alpha value is 0.200. The minimum absolute atomic E-state index is 0.338. The van der Waals surface area contributed by atoms with Gasteiger partial charge >= 0.3 is 5.97 Å². The maximum Gasteiger partial charge on any atom is 0.303 e. The van der Waals surface area contributed by atoms with E-state index in [9.17, 15) is 4.79 Å². The number of alkyl halides is 1. The Morgan fingerprint density at radius 3 is 2.18 bits per heavy atom. The van der Waals surface area contributed by atoms with Crippen LogP contribution < -0.4 is 0 Å². The lowest BCUT2D eigenvalue weighted by Gasteiger charge is -1.96. The van der Waals surface area contributed by atoms with Gasteiger partial charge in [0.25, 0.3) is 0 Å². The average Bonchev–Trinajstić information content (AvgIpc) is 1.96. The Morgan fingerprint density at radius 1 is 1.09 bits per heavy atom. The van der Waals surface area contributed by atoms with Gasteiger partial charge in [0.2, 0.25) is 0 Å². The van der Waals surface area contributed by atoms with E-state index in [2.05, 4.69) is 22.6 Å². The van der Waals surface area contributed by atoms with Gasteiger partial charge in [0.15, 0.2) is 0 Å². The minimum Gasteiger partial charge on any atom is -0.481 e. The first kappa shape index (κ1) is 11.2. The van der Waals surface area contributed by atoms with Gasteiger partial charge in [0, 0.05) is 6.42 Å². The van der Waals surface area contributed by atoms with Crippen LogP contribution in [0.4, 0.5) is 0 Å². The van der Waals surface area contributed by atoms with Gasteiger partial charge in [-0.2, -0.15) is 0 Å². The van der Waals surface area contributed by atoms with E-state index in [-0.39, 0.29) is 0 Å². The number of aliphatic carboxylic acids is 1. The molecule has 0 aliphatic rings. The summed E-state index contributed by atoms with van der Waals surface area (Å²) in [5.74, 6) is -0.668. The summed E-state index contributed by atoms with van der Waals surface area (Å²) in [4.78, 5) is 10.1. The highest BCUT2D eigenvalue weighted by atomic mass is 127. The van der Waals surface area contributed by atoms with Gasteiger partial charge in [-0.15, -0.1) is 0 Å². The minimum atomic E-state index is -0.668. The van der Waals surface area contributed by atoms with Crippen molar-refractivity contribution in [2.75, 3.05) is 4.43 Å². The zero-order valence-electron chi connectivity index (χ0n) is 6.68. The van der Waals surface area contributed by atoms with Gasteiger partial charge in [-0.3, -0.25) is 4.79 Å². The monoisotopic (exact) mass is 270 g/mol. The molecule has 0 amide bonds. The van der Waals surface area contributed by atoms with E-state index in [4.69, 9.17) is 5.11 Å². The maximum absolute atomic E-state index is 10.1. The number of halogens is 1. The number of carbonyl (C=O) groups is 1. The van der Waals surface area contributed by atoms with E-state index in [0.717, 1.165) is 12.8 Å². The number of hydrogen-bond acceptors (Lipinski definition) is 1. The van der Waals surface area contributed by atoms with Crippen LogP contribution in [0.5, 0.6) is 0 Å². The van der Waals surface area contributed by atoms with Crippen molar-refractivity contribution in [1.29, 1.82) is 0 Å². The fourth-order valence-corrected chi connectivity index (χ4v) is 1.44. The summed E-state index contributed by atoms with van der Waals surface area (Å²) in [5, 5.41) is 8.31. The van der Waals surface area contributed by atoms with Crippen LogP contribution in [-0.2, 0) is 4.79 Å². The van der Waals surface area contributed by atoms with Crippen molar-refractivity contribution < 1.29 is 9.90 Å². The molecule has 0 spiro atoms. The Balaban J connectivity index is 2.85. The number of rotatable bonds is 7. The number of unbranched alkanes of at least 4 members (excludes halogenated alkanes) is 4. The van der Waals surface area contributed by atoms with Crippen molar-refractivity contribution in [2.45, 2.75) is 38.5 Å². The van der Waals surface area contributed by atoms with Crippen LogP contribution in [0.3, 0.4) is 0 Å². The molecular formula is C8H15IO2. The SMILES string of the molecule is O=C(O)CCCCCCCI. The molecule has 0 saturated heterocycles. The van der Waals surface area contributed by atoms with Crippen LogP contribution in [0, 0.1) is 0 Å². The molecule has 11 heavy (non-hydrogen) atoms. The summed E-state index contributed by atoms with van der Waals surface area (Å²) in [6.45, 7) is 0. The predicted octanol–water partition coefficient (Wildman–Crippen LogP) is 2.85. The lowest BCUT2D eigenvalue weighted by Crippen LogP contribution is -1.93. The fraction of sp³-hybridized carbons (Fsp3) is 0.875. The van der Waals surface area contributed by atoms with E-state index in [0.29, 0.717) is 6.42 Å². The first-order chi connectivity index (χ1) is 5.27. The van der Waals surface area contributed by atoms with E-state index in [1.165, 1.54) is 23.7 Å². The molecule has 0 heterocycles. The Labute approximate surface area is 81.5 Å². The first-order valence-electron chi connectivity index (χ1n) is 4.05. The van der Waals surface area contributed by atoms with Crippen LogP contribution >= 0.6 is 22.6 Å². The normalized spacial score (nSPS) is 9.91. The predicted molar refractivity (Wildman–Crippen MR) is 54.2 cm³/mol. The van der Waals surface area contributed by atoms with Crippen molar-refractivity contribution in [3.63, 3.8) is 0 Å². The van der Waals surface area contributed by atoms with Crippen molar-refractivity contribution >= 4 is 28.6 Å². The van der Waals surface area contributed by atoms with Crippen LogP contribution in [-0.4, -0.2) is 15.5 Å². The van der Waals surface area contributed by atoms with Crippen LogP contribution in [0.25, 0.3) is 0 Å². The Kier molecular flexibility index (Phi) is 8.45. The highest BCUT2D eigenvalue weighted by molar-refractivity contribution is 14.1. The third kappa shape index (κ3) is 10.2. The van der Waals surface area contributed by atoms with Gasteiger partial charge in [-0.25, -0.2) is 0 Å². The second kappa shape index (κ2) is 8.30. The molecule has 2 nitrogen and oxygen atoms in total. The second-order valence-electron chi connectivity index (χ2n) is 2.60. The second-order valence-corrected chi connectivity index (χ2v) is 3.68. The molecule has 0 radical (unpaired) electrons. The third-order valence-electron chi connectivity index (χ3n) is 1.52. The lowest BCUT2D eigenvalue weighted by atomic mass is 10.1. The van der Waals surface area contributed by atoms with Crippen molar-refractivity contribution in [3.05, 3.63) is 0 Å². The van der Waals surface area contributed by atoms with E-state index in [1.807, 2.05) is 0 Å². The zero-order chi connectivity index (χ0) is 8.53. The van der Waals surface area contributed by atoms with Crippen molar-refractivity contribution in [3.8, 4) is 0 Å². The molecule has 0 aromatic carbocycles. The summed E-state index contributed by atoms with van der Waals surface area (Å²) in [6.07, 6.45) is 5.97. The largest absolute Gasteiger partial charge is 0.481 e. The molecule has 0 aliphatic heterocycles. The molecule has 0 unspecified atom stereocenters. The molecule has 0 atom stereocenters. The highest BCUT2D eigenvalue weighted by Crippen LogP contribution is 2.06. The third-order valence-corrected chi connectivity index (χ3v) is 2.29. The smallest absolute Gasteiger partial charge is 0.303 e. The van der Waals surface area contributed by atoms with E-state index in [1.54, 1.807) is 0 Å². The Morgan fingerprint density at radius 2 is 1.64 bits per heavy atom. The summed E-state index contributed by atoms with van der Waals surface area (Å²) in [5.41, 5.74) is 0. The van der Waals surface area contributed by atoms with E-state index < -0.39 is 5.97 Å². The van der Waals surface area contributed by atoms with Crippen molar-refractivity contribution in [1.82, 2.24) is 0 Å². The van der Waals surface area contributed by atoms with E-state index >= 15 is 0 Å². The topological polar surface area (TPSA) is 37.3 Å². The van der Waals surface area contributed by atoms with Gasteiger partial charge in [0.1, 0.15) is 0 Å². The van der Waals surface area contributed by atoms with Gasteiger partial charge in [-0.1, -0.05) is 41.9 Å². The molecule has 3 heteroatoms. The molecule has 0 saturated carbocycles. The van der Waals surface area contributed by atoms with Crippen LogP contribution in [0.1, 0.15) is 38.5 Å². The van der Waals surface area contributed by atoms with Crippen LogP contribution in [0.2, 0.25) is 0 Å². The average molecular weight is 270 g/mol. The lowest BCUT2D eigenvalue weighted by molar-refractivity contribution is -0.137. The molecule has 0 aliphatic carbocycles. The quantitative estimate of drug-likeness (QED) is 0.439. The summed E-state index contributed by atoms with van der Waals surface area (Å²) in [7, 11) is 0. The summed E-state index contributed by atoms with van der Waals surface area (Å²) >= 11 is 2.36. The number of carboxylic acids is 1. The van der Waals surface area contributed by atoms with Gasteiger partial charge in [-0.05, 0) is 17.3 Å². The fourth-order valence-electron chi connectivity index (χ4n) is 0.901. The van der Waals surface area contributed by atoms with Crippen LogP contribution in [0.15, 0.2) is 0 Å². The maximum atomic E-state index is 10.1. The molecular weight excluding hydrogens is 255 g/mol. The van der Waals surface area contributed by atoms with Gasteiger partial charge < -0.3 is 5.11 Å². The molecule has 0 aromatic rings.